The Kier molecular flexibility index (Phi) is 6.40. The molecule has 2 aromatic carbocycles. The minimum Gasteiger partial charge on any atom is -0.480 e. The number of carbonyl (C=O) groups excluding carboxylic acids is 2. The number of alkyl carbamates (subject to hydrolysis) is 1. The molecule has 0 aromatic heterocycles. The van der Waals surface area contributed by atoms with Gasteiger partial charge in [0.2, 0.25) is 5.91 Å². The van der Waals surface area contributed by atoms with Crippen molar-refractivity contribution in [2.45, 2.75) is 57.0 Å². The number of ether oxygens (including phenoxy) is 1. The average Bonchev–Trinajstić information content (AvgIpc) is 3.51. The number of carbonyl (C=O) groups is 3. The molecule has 4 rings (SSSR count). The van der Waals surface area contributed by atoms with Crippen molar-refractivity contribution in [3.05, 3.63) is 59.7 Å². The molecule has 0 spiro atoms. The number of benzene rings is 2. The first-order valence-electron chi connectivity index (χ1n) is 11.4. The molecule has 0 bridgehead atoms. The SMILES string of the molecule is CC(C)(CC(=O)N[C@@H](CC1CC1)C(=O)O)NC(=O)OCC1c2ccccc2-c2ccccc21. The van der Waals surface area contributed by atoms with Crippen LogP contribution in [0.4, 0.5) is 4.79 Å². The van der Waals surface area contributed by atoms with Crippen LogP contribution in [0.5, 0.6) is 0 Å². The maximum Gasteiger partial charge on any atom is 0.407 e. The lowest BCUT2D eigenvalue weighted by molar-refractivity contribution is -0.142. The molecule has 2 aromatic rings. The molecule has 2 aliphatic carbocycles. The molecule has 0 saturated heterocycles. The highest BCUT2D eigenvalue weighted by Gasteiger charge is 2.33. The summed E-state index contributed by atoms with van der Waals surface area (Å²) in [5, 5.41) is 14.7. The van der Waals surface area contributed by atoms with E-state index >= 15 is 0 Å². The van der Waals surface area contributed by atoms with E-state index < -0.39 is 29.6 Å². The topological polar surface area (TPSA) is 105 Å². The van der Waals surface area contributed by atoms with Crippen LogP contribution in [0.2, 0.25) is 0 Å². The second kappa shape index (κ2) is 9.25. The molecule has 1 fully saturated rings. The zero-order valence-corrected chi connectivity index (χ0v) is 19.0. The standard InChI is InChI=1S/C26H30N2O5/c1-26(2,14-23(29)27-22(24(30)31)13-16-11-12-16)28-25(32)33-15-21-19-9-5-3-7-17(19)18-8-4-6-10-20(18)21/h3-10,16,21-22H,11-15H2,1-2H3,(H,27,29)(H,28,32)(H,30,31)/t22-/m0/s1. The van der Waals surface area contributed by atoms with Gasteiger partial charge in [-0.3, -0.25) is 4.79 Å². The maximum absolute atomic E-state index is 12.5. The first-order chi connectivity index (χ1) is 15.7. The van der Waals surface area contributed by atoms with Crippen LogP contribution in [0.1, 0.15) is 56.6 Å². The number of carboxylic acids is 1. The molecule has 2 amide bonds. The second-order valence-electron chi connectivity index (χ2n) is 9.65. The van der Waals surface area contributed by atoms with Gasteiger partial charge in [-0.1, -0.05) is 61.4 Å². The number of amides is 2. The van der Waals surface area contributed by atoms with E-state index in [1.165, 1.54) is 0 Å². The zero-order valence-electron chi connectivity index (χ0n) is 19.0. The summed E-state index contributed by atoms with van der Waals surface area (Å²) in [6, 6.07) is 15.3. The number of hydrogen-bond acceptors (Lipinski definition) is 4. The monoisotopic (exact) mass is 450 g/mol. The summed E-state index contributed by atoms with van der Waals surface area (Å²) >= 11 is 0. The average molecular weight is 451 g/mol. The van der Waals surface area contributed by atoms with Gasteiger partial charge in [-0.2, -0.15) is 0 Å². The van der Waals surface area contributed by atoms with Gasteiger partial charge in [-0.05, 0) is 48.4 Å². The molecule has 2 aliphatic rings. The number of aliphatic carboxylic acids is 1. The van der Waals surface area contributed by atoms with Crippen molar-refractivity contribution in [1.29, 1.82) is 0 Å². The van der Waals surface area contributed by atoms with Crippen LogP contribution >= 0.6 is 0 Å². The lowest BCUT2D eigenvalue weighted by Crippen LogP contribution is -2.49. The lowest BCUT2D eigenvalue weighted by Gasteiger charge is -2.26. The Labute approximate surface area is 193 Å². The summed E-state index contributed by atoms with van der Waals surface area (Å²) < 4.78 is 5.56. The summed E-state index contributed by atoms with van der Waals surface area (Å²) in [5.41, 5.74) is 3.66. The molecule has 0 aliphatic heterocycles. The van der Waals surface area contributed by atoms with Crippen LogP contribution < -0.4 is 10.6 Å². The number of fused-ring (bicyclic) bond motifs is 3. The molecule has 0 heterocycles. The largest absolute Gasteiger partial charge is 0.480 e. The van der Waals surface area contributed by atoms with E-state index in [2.05, 4.69) is 34.9 Å². The highest BCUT2D eigenvalue weighted by Crippen LogP contribution is 2.44. The van der Waals surface area contributed by atoms with Crippen LogP contribution in [0, 0.1) is 5.92 Å². The normalized spacial score (nSPS) is 15.8. The van der Waals surface area contributed by atoms with Crippen LogP contribution in [0.25, 0.3) is 11.1 Å². The molecular formula is C26H30N2O5. The summed E-state index contributed by atoms with van der Waals surface area (Å²) in [6.07, 6.45) is 1.80. The van der Waals surface area contributed by atoms with Gasteiger partial charge in [-0.15, -0.1) is 0 Å². The molecule has 174 valence electrons. The molecule has 0 unspecified atom stereocenters. The highest BCUT2D eigenvalue weighted by atomic mass is 16.5. The van der Waals surface area contributed by atoms with Gasteiger partial charge in [0.05, 0.1) is 0 Å². The van der Waals surface area contributed by atoms with E-state index in [9.17, 15) is 19.5 Å². The third kappa shape index (κ3) is 5.53. The van der Waals surface area contributed by atoms with Gasteiger partial charge >= 0.3 is 12.1 Å². The Morgan fingerprint density at radius 2 is 1.61 bits per heavy atom. The van der Waals surface area contributed by atoms with Crippen molar-refractivity contribution >= 4 is 18.0 Å². The summed E-state index contributed by atoms with van der Waals surface area (Å²) in [4.78, 5) is 36.4. The van der Waals surface area contributed by atoms with Crippen LogP contribution in [-0.2, 0) is 14.3 Å². The fourth-order valence-corrected chi connectivity index (χ4v) is 4.51. The fourth-order valence-electron chi connectivity index (χ4n) is 4.51. The van der Waals surface area contributed by atoms with Gasteiger partial charge < -0.3 is 20.5 Å². The Morgan fingerprint density at radius 1 is 1.03 bits per heavy atom. The van der Waals surface area contributed by atoms with E-state index in [-0.39, 0.29) is 18.9 Å². The number of carboxylic acid groups (broad SMARTS) is 1. The lowest BCUT2D eigenvalue weighted by atomic mass is 9.98. The van der Waals surface area contributed by atoms with Gasteiger partial charge in [0, 0.05) is 17.9 Å². The van der Waals surface area contributed by atoms with Crippen molar-refractivity contribution in [2.24, 2.45) is 5.92 Å². The van der Waals surface area contributed by atoms with Gasteiger partial charge in [0.1, 0.15) is 12.6 Å². The van der Waals surface area contributed by atoms with Crippen molar-refractivity contribution in [3.63, 3.8) is 0 Å². The quantitative estimate of drug-likeness (QED) is 0.534. The van der Waals surface area contributed by atoms with Crippen LogP contribution in [-0.4, -0.2) is 41.3 Å². The number of hydrogen-bond donors (Lipinski definition) is 3. The predicted molar refractivity (Wildman–Crippen MR) is 124 cm³/mol. The molecule has 1 saturated carbocycles. The zero-order chi connectivity index (χ0) is 23.6. The Bertz CT molecular complexity index is 1010. The minimum absolute atomic E-state index is 0.0479. The smallest absolute Gasteiger partial charge is 0.407 e. The maximum atomic E-state index is 12.5. The van der Waals surface area contributed by atoms with Gasteiger partial charge in [0.25, 0.3) is 0 Å². The third-order valence-electron chi connectivity index (χ3n) is 6.29. The van der Waals surface area contributed by atoms with Crippen LogP contribution in [0.15, 0.2) is 48.5 Å². The van der Waals surface area contributed by atoms with Crippen LogP contribution in [0.3, 0.4) is 0 Å². The summed E-state index contributed by atoms with van der Waals surface area (Å²) in [7, 11) is 0. The number of nitrogens with one attached hydrogen (secondary N) is 2. The van der Waals surface area contributed by atoms with E-state index in [1.807, 2.05) is 24.3 Å². The van der Waals surface area contributed by atoms with Crippen molar-refractivity contribution in [3.8, 4) is 11.1 Å². The first-order valence-corrected chi connectivity index (χ1v) is 11.4. The Balaban J connectivity index is 1.32. The van der Waals surface area contributed by atoms with Crippen molar-refractivity contribution in [2.75, 3.05) is 6.61 Å². The van der Waals surface area contributed by atoms with E-state index in [0.717, 1.165) is 35.1 Å². The molecule has 7 heteroatoms. The second-order valence-corrected chi connectivity index (χ2v) is 9.65. The van der Waals surface area contributed by atoms with Gasteiger partial charge in [0.15, 0.2) is 0 Å². The Morgan fingerprint density at radius 3 is 2.15 bits per heavy atom. The van der Waals surface area contributed by atoms with Crippen molar-refractivity contribution in [1.82, 2.24) is 10.6 Å². The third-order valence-corrected chi connectivity index (χ3v) is 6.29. The predicted octanol–water partition coefficient (Wildman–Crippen LogP) is 4.06. The minimum atomic E-state index is -1.03. The molecule has 1 atom stereocenters. The fraction of sp³-hybridized carbons (Fsp3) is 0.423. The first kappa shape index (κ1) is 22.8. The number of rotatable bonds is 9. The van der Waals surface area contributed by atoms with Crippen molar-refractivity contribution < 1.29 is 24.2 Å². The van der Waals surface area contributed by atoms with E-state index in [0.29, 0.717) is 12.3 Å². The van der Waals surface area contributed by atoms with E-state index in [1.54, 1.807) is 13.8 Å². The molecule has 7 nitrogen and oxygen atoms in total. The summed E-state index contributed by atoms with van der Waals surface area (Å²) in [6.45, 7) is 3.61. The summed E-state index contributed by atoms with van der Waals surface area (Å²) in [5.74, 6) is -1.11. The Hall–Kier alpha value is -3.35. The molecular weight excluding hydrogens is 420 g/mol. The highest BCUT2D eigenvalue weighted by molar-refractivity contribution is 5.84. The molecule has 0 radical (unpaired) electrons. The van der Waals surface area contributed by atoms with E-state index in [4.69, 9.17) is 4.74 Å². The molecule has 3 N–H and O–H groups in total. The van der Waals surface area contributed by atoms with Gasteiger partial charge in [-0.25, -0.2) is 9.59 Å². The molecule has 33 heavy (non-hydrogen) atoms.